The van der Waals surface area contributed by atoms with E-state index in [-0.39, 0.29) is 5.91 Å². The summed E-state index contributed by atoms with van der Waals surface area (Å²) in [4.78, 5) is 15.3. The van der Waals surface area contributed by atoms with Gasteiger partial charge in [0.05, 0.1) is 22.2 Å². The topological polar surface area (TPSA) is 38.8 Å². The zero-order valence-corrected chi connectivity index (χ0v) is 20.7. The molecule has 162 valence electrons. The monoisotopic (exact) mass is 525 g/mol. The lowest BCUT2D eigenvalue weighted by Crippen LogP contribution is -2.28. The molecule has 0 bridgehead atoms. The Morgan fingerprint density at radius 3 is 2.53 bits per heavy atom. The fraction of sp³-hybridized carbons (Fsp3) is 0.120. The minimum absolute atomic E-state index is 0.131. The van der Waals surface area contributed by atoms with Crippen LogP contribution in [0.25, 0.3) is 6.08 Å². The molecule has 1 amide bonds. The summed E-state index contributed by atoms with van der Waals surface area (Å²) in [7, 11) is 1.60. The van der Waals surface area contributed by atoms with E-state index in [4.69, 9.17) is 21.7 Å². The van der Waals surface area contributed by atoms with Crippen LogP contribution in [0.15, 0.2) is 76.1 Å². The van der Waals surface area contributed by atoms with Gasteiger partial charge in [0.1, 0.15) is 6.61 Å². The molecular weight excluding hydrogens is 506 g/mol. The number of thioether (sulfide) groups is 1. The number of carbonyl (C=O) groups excluding carboxylic acids is 1. The minimum Gasteiger partial charge on any atom is -0.493 e. The molecular formula is C25H20BrNO3S2. The average molecular weight is 526 g/mol. The van der Waals surface area contributed by atoms with Gasteiger partial charge in [-0.2, -0.15) is 0 Å². The molecule has 0 N–H and O–H groups in total. The van der Waals surface area contributed by atoms with E-state index in [1.165, 1.54) is 11.8 Å². The number of hydrogen-bond donors (Lipinski definition) is 0. The number of aryl methyl sites for hydroxylation is 1. The highest BCUT2D eigenvalue weighted by Crippen LogP contribution is 2.40. The second-order valence-electron chi connectivity index (χ2n) is 7.11. The van der Waals surface area contributed by atoms with Gasteiger partial charge in [-0.1, -0.05) is 72.5 Å². The highest BCUT2D eigenvalue weighted by Gasteiger charge is 2.34. The molecule has 32 heavy (non-hydrogen) atoms. The van der Waals surface area contributed by atoms with Crippen molar-refractivity contribution in [3.05, 3.63) is 92.8 Å². The Hall–Kier alpha value is -2.61. The highest BCUT2D eigenvalue weighted by molar-refractivity contribution is 9.10. The van der Waals surface area contributed by atoms with Crippen LogP contribution in [0.3, 0.4) is 0 Å². The molecule has 4 nitrogen and oxygen atoms in total. The number of nitrogens with zero attached hydrogens (tertiary/aromatic N) is 1. The lowest BCUT2D eigenvalue weighted by Gasteiger charge is -2.16. The molecule has 0 saturated carbocycles. The van der Waals surface area contributed by atoms with Gasteiger partial charge in [-0.15, -0.1) is 0 Å². The van der Waals surface area contributed by atoms with Gasteiger partial charge in [-0.25, -0.2) is 0 Å². The van der Waals surface area contributed by atoms with Crippen molar-refractivity contribution in [3.63, 3.8) is 0 Å². The number of ether oxygens (including phenoxy) is 2. The lowest BCUT2D eigenvalue weighted by molar-refractivity contribution is -0.113. The summed E-state index contributed by atoms with van der Waals surface area (Å²) in [5.74, 6) is 1.06. The summed E-state index contributed by atoms with van der Waals surface area (Å²) < 4.78 is 12.8. The normalized spacial score (nSPS) is 14.8. The Labute approximate surface area is 205 Å². The maximum atomic E-state index is 13.1. The summed E-state index contributed by atoms with van der Waals surface area (Å²) in [6.07, 6.45) is 1.83. The summed E-state index contributed by atoms with van der Waals surface area (Å²) in [6, 6.07) is 21.4. The second-order valence-corrected chi connectivity index (χ2v) is 9.64. The zero-order chi connectivity index (χ0) is 22.7. The zero-order valence-electron chi connectivity index (χ0n) is 17.5. The van der Waals surface area contributed by atoms with Crippen LogP contribution in [0.5, 0.6) is 11.5 Å². The maximum Gasteiger partial charge on any atom is 0.270 e. The summed E-state index contributed by atoms with van der Waals surface area (Å²) >= 11 is 10.4. The number of methoxy groups -OCH3 is 1. The van der Waals surface area contributed by atoms with Crippen molar-refractivity contribution < 1.29 is 14.3 Å². The number of thiocarbonyl (C=S) groups is 1. The smallest absolute Gasteiger partial charge is 0.270 e. The Balaban J connectivity index is 1.60. The van der Waals surface area contributed by atoms with Crippen molar-refractivity contribution in [2.45, 2.75) is 13.5 Å². The molecule has 3 aromatic rings. The van der Waals surface area contributed by atoms with Gasteiger partial charge in [-0.05, 0) is 63.8 Å². The van der Waals surface area contributed by atoms with Crippen molar-refractivity contribution in [2.75, 3.05) is 12.0 Å². The molecule has 1 fully saturated rings. The number of halogens is 1. The molecule has 0 unspecified atom stereocenters. The average Bonchev–Trinajstić information content (AvgIpc) is 3.06. The van der Waals surface area contributed by atoms with Gasteiger partial charge in [0.2, 0.25) is 0 Å². The predicted octanol–water partition coefficient (Wildman–Crippen LogP) is 6.75. The number of carbonyl (C=O) groups is 1. The van der Waals surface area contributed by atoms with Gasteiger partial charge >= 0.3 is 0 Å². The maximum absolute atomic E-state index is 13.1. The summed E-state index contributed by atoms with van der Waals surface area (Å²) in [5.41, 5.74) is 3.67. The standard InChI is InChI=1S/C25H20BrNO3S2/c1-16-8-6-7-11-20(16)27-24(28)22(32-25(27)31)14-18-12-19(26)23(21(13-18)29-2)30-15-17-9-4-3-5-10-17/h3-14H,15H2,1-2H3/b22-14+. The van der Waals surface area contributed by atoms with Crippen LogP contribution < -0.4 is 14.4 Å². The van der Waals surface area contributed by atoms with Crippen molar-refractivity contribution in [1.82, 2.24) is 0 Å². The van der Waals surface area contributed by atoms with Gasteiger partial charge in [0.15, 0.2) is 15.8 Å². The molecule has 0 radical (unpaired) electrons. The highest BCUT2D eigenvalue weighted by atomic mass is 79.9. The number of benzene rings is 3. The van der Waals surface area contributed by atoms with Gasteiger partial charge in [-0.3, -0.25) is 9.69 Å². The van der Waals surface area contributed by atoms with E-state index < -0.39 is 0 Å². The van der Waals surface area contributed by atoms with Crippen LogP contribution in [0.2, 0.25) is 0 Å². The number of amides is 1. The minimum atomic E-state index is -0.131. The molecule has 0 atom stereocenters. The van der Waals surface area contributed by atoms with Gasteiger partial charge in [0, 0.05) is 0 Å². The SMILES string of the molecule is COc1cc(/C=C2/SC(=S)N(c3ccccc3C)C2=O)cc(Br)c1OCc1ccccc1. The third kappa shape index (κ3) is 4.75. The molecule has 0 aliphatic carbocycles. The Kier molecular flexibility index (Phi) is 6.98. The molecule has 0 spiro atoms. The predicted molar refractivity (Wildman–Crippen MR) is 138 cm³/mol. The van der Waals surface area contributed by atoms with Crippen molar-refractivity contribution in [2.24, 2.45) is 0 Å². The molecule has 3 aromatic carbocycles. The first kappa shape index (κ1) is 22.6. The molecule has 1 saturated heterocycles. The van der Waals surface area contributed by atoms with E-state index in [2.05, 4.69) is 15.9 Å². The van der Waals surface area contributed by atoms with Crippen LogP contribution in [0.4, 0.5) is 5.69 Å². The fourth-order valence-corrected chi connectivity index (χ4v) is 5.19. The fourth-order valence-electron chi connectivity index (χ4n) is 3.33. The van der Waals surface area contributed by atoms with Crippen LogP contribution >= 0.6 is 39.9 Å². The number of rotatable bonds is 6. The van der Waals surface area contributed by atoms with Gasteiger partial charge in [0.25, 0.3) is 5.91 Å². The number of para-hydroxylation sites is 1. The lowest BCUT2D eigenvalue weighted by atomic mass is 10.1. The Morgan fingerprint density at radius 1 is 1.09 bits per heavy atom. The first-order chi connectivity index (χ1) is 15.5. The van der Waals surface area contributed by atoms with E-state index in [9.17, 15) is 4.79 Å². The third-order valence-electron chi connectivity index (χ3n) is 4.93. The van der Waals surface area contributed by atoms with E-state index in [1.807, 2.05) is 79.7 Å². The molecule has 1 aliphatic rings. The van der Waals surface area contributed by atoms with Crippen molar-refractivity contribution in [1.29, 1.82) is 0 Å². The largest absolute Gasteiger partial charge is 0.493 e. The van der Waals surface area contributed by atoms with E-state index >= 15 is 0 Å². The van der Waals surface area contributed by atoms with Gasteiger partial charge < -0.3 is 9.47 Å². The molecule has 1 heterocycles. The Morgan fingerprint density at radius 2 is 1.81 bits per heavy atom. The second kappa shape index (κ2) is 9.90. The summed E-state index contributed by atoms with van der Waals surface area (Å²) in [5, 5.41) is 0. The molecule has 4 rings (SSSR count). The molecule has 0 aromatic heterocycles. The van der Waals surface area contributed by atoms with E-state index in [1.54, 1.807) is 12.0 Å². The third-order valence-corrected chi connectivity index (χ3v) is 6.82. The van der Waals surface area contributed by atoms with Crippen LogP contribution in [-0.4, -0.2) is 17.3 Å². The van der Waals surface area contributed by atoms with E-state index in [0.717, 1.165) is 26.9 Å². The summed E-state index contributed by atoms with van der Waals surface area (Å²) in [6.45, 7) is 2.39. The molecule has 7 heteroatoms. The van der Waals surface area contributed by atoms with Crippen molar-refractivity contribution >= 4 is 61.9 Å². The molecule has 1 aliphatic heterocycles. The van der Waals surface area contributed by atoms with Crippen molar-refractivity contribution in [3.8, 4) is 11.5 Å². The first-order valence-corrected chi connectivity index (χ1v) is 11.9. The quantitative estimate of drug-likeness (QED) is 0.263. The number of hydrogen-bond acceptors (Lipinski definition) is 5. The number of anilines is 1. The van der Waals surface area contributed by atoms with E-state index in [0.29, 0.717) is 27.3 Å². The first-order valence-electron chi connectivity index (χ1n) is 9.86. The van der Waals surface area contributed by atoms with Crippen LogP contribution in [0, 0.1) is 6.92 Å². The van der Waals surface area contributed by atoms with Crippen LogP contribution in [-0.2, 0) is 11.4 Å². The Bertz CT molecular complexity index is 1210. The van der Waals surface area contributed by atoms with Crippen LogP contribution in [0.1, 0.15) is 16.7 Å².